The maximum absolute atomic E-state index is 6.95. The SMILES string of the molecule is COc1cc(CC(=N)N)on1. The number of ether oxygens (including phenoxy) is 1. The fourth-order valence-corrected chi connectivity index (χ4v) is 0.661. The smallest absolute Gasteiger partial charge is 0.254 e. The van der Waals surface area contributed by atoms with Crippen molar-refractivity contribution in [2.75, 3.05) is 7.11 Å². The Hall–Kier alpha value is -1.52. The summed E-state index contributed by atoms with van der Waals surface area (Å²) >= 11 is 0. The van der Waals surface area contributed by atoms with Crippen LogP contribution in [-0.4, -0.2) is 18.1 Å². The van der Waals surface area contributed by atoms with Gasteiger partial charge >= 0.3 is 0 Å². The quantitative estimate of drug-likeness (QED) is 0.481. The minimum Gasteiger partial charge on any atom is -0.479 e. The third kappa shape index (κ3) is 1.96. The highest BCUT2D eigenvalue weighted by atomic mass is 16.5. The van der Waals surface area contributed by atoms with Gasteiger partial charge in [0.15, 0.2) is 0 Å². The summed E-state index contributed by atoms with van der Waals surface area (Å²) in [6.07, 6.45) is 0.274. The average molecular weight is 155 g/mol. The van der Waals surface area contributed by atoms with Gasteiger partial charge in [-0.25, -0.2) is 0 Å². The number of hydrogen-bond acceptors (Lipinski definition) is 4. The van der Waals surface area contributed by atoms with E-state index >= 15 is 0 Å². The van der Waals surface area contributed by atoms with E-state index in [1.165, 1.54) is 7.11 Å². The zero-order valence-corrected chi connectivity index (χ0v) is 6.13. The van der Waals surface area contributed by atoms with Crippen LogP contribution in [0.4, 0.5) is 0 Å². The Morgan fingerprint density at radius 1 is 1.91 bits per heavy atom. The Labute approximate surface area is 63.6 Å². The van der Waals surface area contributed by atoms with Gasteiger partial charge < -0.3 is 15.0 Å². The second-order valence-corrected chi connectivity index (χ2v) is 2.04. The number of methoxy groups -OCH3 is 1. The Morgan fingerprint density at radius 2 is 2.64 bits per heavy atom. The van der Waals surface area contributed by atoms with Crippen LogP contribution in [0.25, 0.3) is 0 Å². The predicted molar refractivity (Wildman–Crippen MR) is 38.7 cm³/mol. The third-order valence-corrected chi connectivity index (χ3v) is 1.11. The van der Waals surface area contributed by atoms with Crippen LogP contribution in [0.1, 0.15) is 5.76 Å². The zero-order valence-electron chi connectivity index (χ0n) is 6.13. The van der Waals surface area contributed by atoms with Crippen molar-refractivity contribution in [1.29, 1.82) is 5.41 Å². The predicted octanol–water partition coefficient (Wildman–Crippen LogP) is 0.162. The van der Waals surface area contributed by atoms with Crippen LogP contribution in [0.15, 0.2) is 10.6 Å². The van der Waals surface area contributed by atoms with Gasteiger partial charge in [-0.1, -0.05) is 0 Å². The topological polar surface area (TPSA) is 85.1 Å². The van der Waals surface area contributed by atoms with Crippen molar-refractivity contribution < 1.29 is 9.26 Å². The van der Waals surface area contributed by atoms with Crippen molar-refractivity contribution >= 4 is 5.84 Å². The molecule has 0 atom stereocenters. The molecule has 0 bridgehead atoms. The molecule has 0 radical (unpaired) electrons. The molecule has 5 nitrogen and oxygen atoms in total. The van der Waals surface area contributed by atoms with E-state index < -0.39 is 0 Å². The molecule has 1 aromatic heterocycles. The molecule has 1 heterocycles. The second kappa shape index (κ2) is 3.05. The Kier molecular flexibility index (Phi) is 2.10. The van der Waals surface area contributed by atoms with E-state index in [-0.39, 0.29) is 12.3 Å². The highest BCUT2D eigenvalue weighted by Gasteiger charge is 2.03. The molecule has 0 aliphatic heterocycles. The molecule has 0 aliphatic carbocycles. The first-order chi connectivity index (χ1) is 5.22. The maximum Gasteiger partial charge on any atom is 0.254 e. The molecule has 0 aromatic carbocycles. The van der Waals surface area contributed by atoms with Gasteiger partial charge in [-0.3, -0.25) is 5.41 Å². The molecule has 0 unspecified atom stereocenters. The molecule has 0 amide bonds. The Morgan fingerprint density at radius 3 is 3.09 bits per heavy atom. The van der Waals surface area contributed by atoms with Crippen LogP contribution >= 0.6 is 0 Å². The van der Waals surface area contributed by atoms with Crippen molar-refractivity contribution in [2.45, 2.75) is 6.42 Å². The van der Waals surface area contributed by atoms with Gasteiger partial charge in [0.05, 0.1) is 19.4 Å². The van der Waals surface area contributed by atoms with Crippen LogP contribution in [0, 0.1) is 5.41 Å². The van der Waals surface area contributed by atoms with Gasteiger partial charge in [0.25, 0.3) is 5.88 Å². The van der Waals surface area contributed by atoms with Crippen molar-refractivity contribution in [3.05, 3.63) is 11.8 Å². The first kappa shape index (κ1) is 7.59. The standard InChI is InChI=1S/C6H9N3O2/c1-10-6-3-4(11-9-6)2-5(7)8/h3H,2H2,1H3,(H3,7,8). The number of rotatable bonds is 3. The molecule has 1 aromatic rings. The lowest BCUT2D eigenvalue weighted by Gasteiger charge is -1.88. The normalized spacial score (nSPS) is 9.55. The molecule has 11 heavy (non-hydrogen) atoms. The summed E-state index contributed by atoms with van der Waals surface area (Å²) < 4.78 is 9.53. The summed E-state index contributed by atoms with van der Waals surface area (Å²) in [5.41, 5.74) is 5.13. The lowest BCUT2D eigenvalue weighted by molar-refractivity contribution is 0.329. The lowest BCUT2D eigenvalue weighted by Crippen LogP contribution is -2.11. The highest BCUT2D eigenvalue weighted by molar-refractivity contribution is 5.78. The Bertz CT molecular complexity index is 256. The van der Waals surface area contributed by atoms with Crippen molar-refractivity contribution in [3.8, 4) is 5.88 Å². The van der Waals surface area contributed by atoms with E-state index in [4.69, 9.17) is 20.4 Å². The molecule has 1 rings (SSSR count). The molecule has 60 valence electrons. The summed E-state index contributed by atoms with van der Waals surface area (Å²) in [7, 11) is 1.50. The van der Waals surface area contributed by atoms with E-state index in [1.54, 1.807) is 6.07 Å². The molecular formula is C6H9N3O2. The number of nitrogens with two attached hydrogens (primary N) is 1. The van der Waals surface area contributed by atoms with E-state index in [1.807, 2.05) is 0 Å². The van der Waals surface area contributed by atoms with Gasteiger partial charge in [0.2, 0.25) is 0 Å². The summed E-state index contributed by atoms with van der Waals surface area (Å²) in [6, 6.07) is 1.60. The maximum atomic E-state index is 6.95. The van der Waals surface area contributed by atoms with Crippen molar-refractivity contribution in [2.24, 2.45) is 5.73 Å². The first-order valence-electron chi connectivity index (χ1n) is 3.05. The average Bonchev–Trinajstić information content (AvgIpc) is 2.34. The molecule has 0 aliphatic rings. The summed E-state index contributed by atoms with van der Waals surface area (Å²) in [5.74, 6) is 0.986. The van der Waals surface area contributed by atoms with Gasteiger partial charge in [-0.15, -0.1) is 0 Å². The molecule has 5 heteroatoms. The van der Waals surface area contributed by atoms with E-state index in [0.717, 1.165) is 0 Å². The van der Waals surface area contributed by atoms with Gasteiger partial charge in [-0.05, 0) is 5.16 Å². The van der Waals surface area contributed by atoms with Crippen LogP contribution in [-0.2, 0) is 6.42 Å². The van der Waals surface area contributed by atoms with E-state index in [9.17, 15) is 0 Å². The number of aromatic nitrogens is 1. The fraction of sp³-hybridized carbons (Fsp3) is 0.333. The fourth-order valence-electron chi connectivity index (χ4n) is 0.661. The third-order valence-electron chi connectivity index (χ3n) is 1.11. The van der Waals surface area contributed by atoms with Crippen LogP contribution in [0.3, 0.4) is 0 Å². The number of nitrogens with one attached hydrogen (secondary N) is 1. The van der Waals surface area contributed by atoms with Crippen LogP contribution in [0.5, 0.6) is 5.88 Å². The van der Waals surface area contributed by atoms with E-state index in [0.29, 0.717) is 11.6 Å². The molecule has 0 saturated carbocycles. The highest BCUT2D eigenvalue weighted by Crippen LogP contribution is 2.10. The Balaban J connectivity index is 2.65. The molecule has 0 fully saturated rings. The minimum absolute atomic E-state index is 0.0452. The summed E-state index contributed by atoms with van der Waals surface area (Å²) in [5, 5.41) is 10.5. The summed E-state index contributed by atoms with van der Waals surface area (Å²) in [4.78, 5) is 0. The van der Waals surface area contributed by atoms with Gasteiger partial charge in [0, 0.05) is 6.07 Å². The van der Waals surface area contributed by atoms with Crippen LogP contribution in [0.2, 0.25) is 0 Å². The lowest BCUT2D eigenvalue weighted by atomic mass is 10.3. The van der Waals surface area contributed by atoms with E-state index in [2.05, 4.69) is 5.16 Å². The molecular weight excluding hydrogens is 146 g/mol. The van der Waals surface area contributed by atoms with Crippen molar-refractivity contribution in [1.82, 2.24) is 5.16 Å². The molecule has 3 N–H and O–H groups in total. The minimum atomic E-state index is 0.0452. The van der Waals surface area contributed by atoms with Crippen LogP contribution < -0.4 is 10.5 Å². The molecule has 0 saturated heterocycles. The molecule has 0 spiro atoms. The monoisotopic (exact) mass is 155 g/mol. The number of nitrogens with zero attached hydrogens (tertiary/aromatic N) is 1. The van der Waals surface area contributed by atoms with Crippen molar-refractivity contribution in [3.63, 3.8) is 0 Å². The van der Waals surface area contributed by atoms with Gasteiger partial charge in [-0.2, -0.15) is 0 Å². The summed E-state index contributed by atoms with van der Waals surface area (Å²) in [6.45, 7) is 0. The zero-order chi connectivity index (χ0) is 8.27. The largest absolute Gasteiger partial charge is 0.479 e. The number of amidine groups is 1. The number of hydrogen-bond donors (Lipinski definition) is 2. The van der Waals surface area contributed by atoms with Gasteiger partial charge in [0.1, 0.15) is 5.76 Å². The second-order valence-electron chi connectivity index (χ2n) is 2.04. The first-order valence-corrected chi connectivity index (χ1v) is 3.05.